The van der Waals surface area contributed by atoms with Crippen molar-refractivity contribution in [2.75, 3.05) is 24.5 Å². The van der Waals surface area contributed by atoms with Crippen molar-refractivity contribution in [1.82, 2.24) is 14.9 Å². The van der Waals surface area contributed by atoms with Gasteiger partial charge in [-0.15, -0.1) is 0 Å². The molecule has 0 spiro atoms. The van der Waals surface area contributed by atoms with Gasteiger partial charge in [0.15, 0.2) is 11.5 Å². The molecule has 2 atom stereocenters. The second kappa shape index (κ2) is 7.30. The molecule has 5 nitrogen and oxygen atoms in total. The van der Waals surface area contributed by atoms with Crippen LogP contribution in [0.2, 0.25) is 0 Å². The summed E-state index contributed by atoms with van der Waals surface area (Å²) >= 11 is 0. The molecular formula is C20H17F2N5. The maximum Gasteiger partial charge on any atom is 0.183 e. The van der Waals surface area contributed by atoms with Crippen LogP contribution in [0.15, 0.2) is 30.6 Å². The van der Waals surface area contributed by atoms with Gasteiger partial charge in [-0.05, 0) is 25.0 Å². The molecule has 2 aromatic rings. The van der Waals surface area contributed by atoms with E-state index in [1.165, 1.54) is 18.3 Å². The lowest BCUT2D eigenvalue weighted by Gasteiger charge is -2.39. The molecule has 1 aromatic heterocycles. The highest BCUT2D eigenvalue weighted by Crippen LogP contribution is 2.29. The first-order valence-electron chi connectivity index (χ1n) is 8.84. The Morgan fingerprint density at radius 1 is 1.11 bits per heavy atom. The predicted molar refractivity (Wildman–Crippen MR) is 95.7 cm³/mol. The number of anilines is 1. The molecule has 0 radical (unpaired) electrons. The van der Waals surface area contributed by atoms with Gasteiger partial charge >= 0.3 is 0 Å². The van der Waals surface area contributed by atoms with Crippen molar-refractivity contribution in [1.29, 1.82) is 5.26 Å². The second-order valence-corrected chi connectivity index (χ2v) is 6.66. The molecule has 2 saturated heterocycles. The lowest BCUT2D eigenvalue weighted by atomic mass is 10.1. The highest BCUT2D eigenvalue weighted by atomic mass is 19.1. The van der Waals surface area contributed by atoms with Crippen LogP contribution in [0.4, 0.5) is 14.6 Å². The van der Waals surface area contributed by atoms with E-state index in [-0.39, 0.29) is 11.6 Å². The Morgan fingerprint density at radius 3 is 2.78 bits per heavy atom. The van der Waals surface area contributed by atoms with Gasteiger partial charge in [0, 0.05) is 44.1 Å². The van der Waals surface area contributed by atoms with Gasteiger partial charge in [0.25, 0.3) is 0 Å². The number of fused-ring (bicyclic) bond motifs is 1. The number of aromatic nitrogens is 2. The fourth-order valence-electron chi connectivity index (χ4n) is 3.79. The SMILES string of the molecule is N#Cc1nccnc1N1CCN2[C@@H](CC[C@@H]2C#Cc2ccc(F)cc2F)C1. The summed E-state index contributed by atoms with van der Waals surface area (Å²) in [6.45, 7) is 2.28. The molecule has 0 N–H and O–H groups in total. The Morgan fingerprint density at radius 2 is 1.96 bits per heavy atom. The first kappa shape index (κ1) is 17.4. The zero-order valence-corrected chi connectivity index (χ0v) is 14.6. The van der Waals surface area contributed by atoms with Gasteiger partial charge in [0.05, 0.1) is 11.6 Å². The Kier molecular flexibility index (Phi) is 4.70. The van der Waals surface area contributed by atoms with Crippen molar-refractivity contribution in [3.63, 3.8) is 0 Å². The largest absolute Gasteiger partial charge is 0.351 e. The zero-order valence-electron chi connectivity index (χ0n) is 14.6. The fraction of sp³-hybridized carbons (Fsp3) is 0.350. The van der Waals surface area contributed by atoms with Crippen LogP contribution in [0.1, 0.15) is 24.1 Å². The molecule has 1 aromatic carbocycles. The average Bonchev–Trinajstić information content (AvgIpc) is 3.09. The number of rotatable bonds is 1. The van der Waals surface area contributed by atoms with E-state index in [0.29, 0.717) is 17.6 Å². The van der Waals surface area contributed by atoms with Gasteiger partial charge < -0.3 is 4.90 Å². The highest BCUT2D eigenvalue weighted by molar-refractivity contribution is 5.50. The van der Waals surface area contributed by atoms with E-state index in [2.05, 4.69) is 37.7 Å². The summed E-state index contributed by atoms with van der Waals surface area (Å²) in [6, 6.07) is 5.91. The third kappa shape index (κ3) is 3.47. The van der Waals surface area contributed by atoms with Crippen LogP contribution in [0.3, 0.4) is 0 Å². The van der Waals surface area contributed by atoms with Gasteiger partial charge in [-0.2, -0.15) is 5.26 Å². The number of nitrogens with zero attached hydrogens (tertiary/aromatic N) is 5. The summed E-state index contributed by atoms with van der Waals surface area (Å²) in [5.74, 6) is 5.41. The van der Waals surface area contributed by atoms with Gasteiger partial charge in [-0.1, -0.05) is 11.8 Å². The van der Waals surface area contributed by atoms with E-state index < -0.39 is 11.6 Å². The molecule has 0 amide bonds. The molecule has 0 aliphatic carbocycles. The van der Waals surface area contributed by atoms with Crippen LogP contribution in [-0.4, -0.2) is 46.6 Å². The predicted octanol–water partition coefficient (Wildman–Crippen LogP) is 2.33. The summed E-state index contributed by atoms with van der Waals surface area (Å²) in [5, 5.41) is 9.23. The van der Waals surface area contributed by atoms with Crippen LogP contribution in [0.25, 0.3) is 0 Å². The summed E-state index contributed by atoms with van der Waals surface area (Å²) < 4.78 is 26.8. The third-order valence-electron chi connectivity index (χ3n) is 5.09. The molecule has 4 rings (SSSR count). The van der Waals surface area contributed by atoms with Gasteiger partial charge in [-0.3, -0.25) is 4.90 Å². The van der Waals surface area contributed by atoms with E-state index in [4.69, 9.17) is 0 Å². The summed E-state index contributed by atoms with van der Waals surface area (Å²) in [7, 11) is 0. The number of halogens is 2. The first-order valence-corrected chi connectivity index (χ1v) is 8.84. The van der Waals surface area contributed by atoms with Crippen LogP contribution >= 0.6 is 0 Å². The molecule has 0 bridgehead atoms. The summed E-state index contributed by atoms with van der Waals surface area (Å²) in [6.07, 6.45) is 5.00. The number of benzene rings is 1. The maximum atomic E-state index is 13.8. The molecule has 7 heteroatoms. The topological polar surface area (TPSA) is 56.1 Å². The maximum absolute atomic E-state index is 13.8. The quantitative estimate of drug-likeness (QED) is 0.726. The lowest BCUT2D eigenvalue weighted by molar-refractivity contribution is 0.202. The smallest absolute Gasteiger partial charge is 0.183 e. The molecule has 136 valence electrons. The fourth-order valence-corrected chi connectivity index (χ4v) is 3.79. The Hall–Kier alpha value is -3.03. The number of hydrogen-bond donors (Lipinski definition) is 0. The first-order chi connectivity index (χ1) is 13.2. The van der Waals surface area contributed by atoms with Crippen molar-refractivity contribution < 1.29 is 8.78 Å². The van der Waals surface area contributed by atoms with Crippen molar-refractivity contribution in [2.24, 2.45) is 0 Å². The standard InChI is InChI=1S/C20H17F2N5/c21-15-3-1-14(18(22)11-15)2-4-16-5-6-17-13-26(9-10-27(16)17)20-19(12-23)24-7-8-25-20/h1,3,7-8,11,16-17H,5-6,9-10,13H2/t16-,17-/m0/s1. The minimum absolute atomic E-state index is 0.0545. The number of piperazine rings is 1. The van der Waals surface area contributed by atoms with Crippen LogP contribution in [-0.2, 0) is 0 Å². The van der Waals surface area contributed by atoms with Crippen molar-refractivity contribution in [3.8, 4) is 17.9 Å². The van der Waals surface area contributed by atoms with E-state index in [0.717, 1.165) is 38.5 Å². The number of hydrogen-bond acceptors (Lipinski definition) is 5. The van der Waals surface area contributed by atoms with Crippen molar-refractivity contribution >= 4 is 5.82 Å². The molecule has 2 fully saturated rings. The Balaban J connectivity index is 1.47. The van der Waals surface area contributed by atoms with Crippen LogP contribution in [0, 0.1) is 34.8 Å². The Labute approximate surface area is 156 Å². The van der Waals surface area contributed by atoms with Crippen LogP contribution < -0.4 is 4.90 Å². The summed E-state index contributed by atoms with van der Waals surface area (Å²) in [5.41, 5.74) is 0.559. The molecule has 27 heavy (non-hydrogen) atoms. The van der Waals surface area contributed by atoms with Crippen LogP contribution in [0.5, 0.6) is 0 Å². The normalized spacial score (nSPS) is 21.9. The molecule has 2 aliphatic rings. The lowest BCUT2D eigenvalue weighted by Crippen LogP contribution is -2.52. The molecule has 2 aliphatic heterocycles. The van der Waals surface area contributed by atoms with Gasteiger partial charge in [0.1, 0.15) is 17.7 Å². The minimum Gasteiger partial charge on any atom is -0.351 e. The average molecular weight is 365 g/mol. The summed E-state index contributed by atoms with van der Waals surface area (Å²) in [4.78, 5) is 12.8. The zero-order chi connectivity index (χ0) is 18.8. The second-order valence-electron chi connectivity index (χ2n) is 6.66. The molecule has 0 unspecified atom stereocenters. The van der Waals surface area contributed by atoms with Gasteiger partial charge in [-0.25, -0.2) is 18.7 Å². The van der Waals surface area contributed by atoms with E-state index in [9.17, 15) is 14.0 Å². The van der Waals surface area contributed by atoms with E-state index >= 15 is 0 Å². The highest BCUT2D eigenvalue weighted by Gasteiger charge is 2.37. The molecule has 3 heterocycles. The van der Waals surface area contributed by atoms with Crippen molar-refractivity contribution in [3.05, 3.63) is 53.5 Å². The number of nitriles is 1. The minimum atomic E-state index is -0.631. The monoisotopic (exact) mass is 365 g/mol. The third-order valence-corrected chi connectivity index (χ3v) is 5.09. The molecule has 0 saturated carbocycles. The van der Waals surface area contributed by atoms with Gasteiger partial charge in [0.2, 0.25) is 0 Å². The van der Waals surface area contributed by atoms with E-state index in [1.807, 2.05) is 0 Å². The van der Waals surface area contributed by atoms with E-state index in [1.54, 1.807) is 6.20 Å². The molecular weight excluding hydrogens is 348 g/mol. The van der Waals surface area contributed by atoms with Crippen molar-refractivity contribution in [2.45, 2.75) is 24.9 Å². The Bertz CT molecular complexity index is 959.